The lowest BCUT2D eigenvalue weighted by Crippen LogP contribution is -2.50. The third kappa shape index (κ3) is 4.15. The number of aliphatic carboxylic acids is 1. The first-order valence-corrected chi connectivity index (χ1v) is 5.88. The van der Waals surface area contributed by atoms with Gasteiger partial charge in [0.1, 0.15) is 0 Å². The molecule has 1 fully saturated rings. The first-order chi connectivity index (χ1) is 8.35. The third-order valence-corrected chi connectivity index (χ3v) is 3.11. The zero-order valence-electron chi connectivity index (χ0n) is 10.6. The van der Waals surface area contributed by atoms with E-state index in [0.717, 1.165) is 26.2 Å². The Morgan fingerprint density at radius 3 is 2.61 bits per heavy atom. The molecule has 2 amide bonds. The van der Waals surface area contributed by atoms with Crippen LogP contribution in [0.2, 0.25) is 0 Å². The van der Waals surface area contributed by atoms with Gasteiger partial charge in [0.05, 0.1) is 12.6 Å². The van der Waals surface area contributed by atoms with E-state index in [2.05, 4.69) is 10.6 Å². The summed E-state index contributed by atoms with van der Waals surface area (Å²) in [5.74, 6) is -1.37. The van der Waals surface area contributed by atoms with Crippen LogP contribution in [0.15, 0.2) is 0 Å². The topological polar surface area (TPSA) is 108 Å². The second kappa shape index (κ2) is 6.01. The zero-order valence-corrected chi connectivity index (χ0v) is 10.6. The molecule has 104 valence electrons. The number of urea groups is 1. The lowest BCUT2D eigenvalue weighted by atomic mass is 10.1. The van der Waals surface area contributed by atoms with Gasteiger partial charge < -0.3 is 25.6 Å². The Morgan fingerprint density at radius 1 is 1.44 bits per heavy atom. The van der Waals surface area contributed by atoms with Gasteiger partial charge in [-0.3, -0.25) is 0 Å². The number of carbonyl (C=O) groups is 2. The highest BCUT2D eigenvalue weighted by molar-refractivity contribution is 5.79. The predicted octanol–water partition coefficient (Wildman–Crippen LogP) is -0.311. The standard InChI is InChI=1S/C11H20N2O5/c1-11(17,9(14)15)6-12-10(16)13-7-3-4-8(5-7)18-2/h7-8,17H,3-6H2,1-2H3,(H,14,15)(H2,12,13,16). The summed E-state index contributed by atoms with van der Waals surface area (Å²) in [6, 6.07) is -0.442. The second-order valence-electron chi connectivity index (χ2n) is 4.77. The maximum Gasteiger partial charge on any atom is 0.337 e. The van der Waals surface area contributed by atoms with Crippen molar-refractivity contribution in [1.29, 1.82) is 0 Å². The smallest absolute Gasteiger partial charge is 0.337 e. The van der Waals surface area contributed by atoms with E-state index in [1.165, 1.54) is 0 Å². The summed E-state index contributed by atoms with van der Waals surface area (Å²) in [7, 11) is 1.64. The van der Waals surface area contributed by atoms with Crippen LogP contribution in [-0.4, -0.2) is 53.6 Å². The molecule has 1 saturated carbocycles. The summed E-state index contributed by atoms with van der Waals surface area (Å²) in [4.78, 5) is 22.1. The van der Waals surface area contributed by atoms with Crippen LogP contribution < -0.4 is 10.6 Å². The molecule has 1 rings (SSSR count). The van der Waals surface area contributed by atoms with Crippen LogP contribution in [0.1, 0.15) is 26.2 Å². The fourth-order valence-electron chi connectivity index (χ4n) is 1.85. The predicted molar refractivity (Wildman–Crippen MR) is 63.2 cm³/mol. The summed E-state index contributed by atoms with van der Waals surface area (Å²) < 4.78 is 5.18. The molecule has 0 heterocycles. The van der Waals surface area contributed by atoms with Crippen LogP contribution in [0.5, 0.6) is 0 Å². The summed E-state index contributed by atoms with van der Waals surface area (Å²) in [5, 5.41) is 23.1. The zero-order chi connectivity index (χ0) is 13.8. The summed E-state index contributed by atoms with van der Waals surface area (Å²) in [5.41, 5.74) is -1.96. The molecule has 18 heavy (non-hydrogen) atoms. The van der Waals surface area contributed by atoms with Gasteiger partial charge >= 0.3 is 12.0 Å². The average Bonchev–Trinajstić information content (AvgIpc) is 2.74. The number of nitrogens with one attached hydrogen (secondary N) is 2. The number of rotatable bonds is 5. The summed E-state index contributed by atoms with van der Waals surface area (Å²) >= 11 is 0. The first-order valence-electron chi connectivity index (χ1n) is 5.88. The molecule has 0 aromatic rings. The molecule has 0 spiro atoms. The first kappa shape index (κ1) is 14.7. The van der Waals surface area contributed by atoms with E-state index in [-0.39, 0.29) is 18.7 Å². The van der Waals surface area contributed by atoms with Crippen LogP contribution in [-0.2, 0) is 9.53 Å². The molecule has 0 bridgehead atoms. The largest absolute Gasteiger partial charge is 0.479 e. The lowest BCUT2D eigenvalue weighted by molar-refractivity contribution is -0.155. The molecule has 0 saturated heterocycles. The second-order valence-corrected chi connectivity index (χ2v) is 4.77. The SMILES string of the molecule is COC1CCC(NC(=O)NCC(C)(O)C(=O)O)C1. The fourth-order valence-corrected chi connectivity index (χ4v) is 1.85. The molecule has 0 aromatic heterocycles. The van der Waals surface area contributed by atoms with Crippen LogP contribution in [0.25, 0.3) is 0 Å². The van der Waals surface area contributed by atoms with Crippen molar-refractivity contribution in [2.45, 2.75) is 43.9 Å². The Hall–Kier alpha value is -1.34. The van der Waals surface area contributed by atoms with Gasteiger partial charge in [-0.05, 0) is 26.2 Å². The van der Waals surface area contributed by atoms with E-state index < -0.39 is 17.6 Å². The monoisotopic (exact) mass is 260 g/mol. The van der Waals surface area contributed by atoms with E-state index in [9.17, 15) is 14.7 Å². The number of carboxylic acids is 1. The van der Waals surface area contributed by atoms with Crippen LogP contribution in [0, 0.1) is 0 Å². The quantitative estimate of drug-likeness (QED) is 0.542. The molecular weight excluding hydrogens is 240 g/mol. The Balaban J connectivity index is 2.28. The Morgan fingerprint density at radius 2 is 2.11 bits per heavy atom. The normalized spacial score (nSPS) is 26.4. The number of methoxy groups -OCH3 is 1. The molecule has 3 unspecified atom stereocenters. The minimum absolute atomic E-state index is 0.0322. The van der Waals surface area contributed by atoms with Crippen molar-refractivity contribution in [2.75, 3.05) is 13.7 Å². The molecule has 1 aliphatic carbocycles. The summed E-state index contributed by atoms with van der Waals surface area (Å²) in [6.45, 7) is 0.792. The maximum atomic E-state index is 11.5. The number of ether oxygens (including phenoxy) is 1. The van der Waals surface area contributed by atoms with E-state index >= 15 is 0 Å². The van der Waals surface area contributed by atoms with Crippen LogP contribution in [0.4, 0.5) is 4.79 Å². The molecule has 1 aliphatic rings. The number of hydrogen-bond donors (Lipinski definition) is 4. The molecule has 0 radical (unpaired) electrons. The number of amides is 2. The van der Waals surface area contributed by atoms with Gasteiger partial charge in [0.15, 0.2) is 5.60 Å². The number of carbonyl (C=O) groups excluding carboxylic acids is 1. The van der Waals surface area contributed by atoms with Crippen molar-refractivity contribution in [3.05, 3.63) is 0 Å². The molecule has 0 aromatic carbocycles. The van der Waals surface area contributed by atoms with E-state index in [0.29, 0.717) is 0 Å². The van der Waals surface area contributed by atoms with Gasteiger partial charge in [0, 0.05) is 13.2 Å². The minimum Gasteiger partial charge on any atom is -0.479 e. The van der Waals surface area contributed by atoms with Gasteiger partial charge in [-0.1, -0.05) is 0 Å². The molecule has 4 N–H and O–H groups in total. The molecule has 7 nitrogen and oxygen atoms in total. The van der Waals surface area contributed by atoms with Crippen molar-refractivity contribution in [2.24, 2.45) is 0 Å². The average molecular weight is 260 g/mol. The Bertz CT molecular complexity index is 319. The van der Waals surface area contributed by atoms with Crippen LogP contribution >= 0.6 is 0 Å². The van der Waals surface area contributed by atoms with Crippen molar-refractivity contribution in [3.63, 3.8) is 0 Å². The lowest BCUT2D eigenvalue weighted by Gasteiger charge is -2.20. The van der Waals surface area contributed by atoms with Gasteiger partial charge in [0.25, 0.3) is 0 Å². The molecule has 7 heteroatoms. The van der Waals surface area contributed by atoms with Crippen molar-refractivity contribution in [1.82, 2.24) is 10.6 Å². The van der Waals surface area contributed by atoms with Crippen LogP contribution in [0.3, 0.4) is 0 Å². The summed E-state index contributed by atoms with van der Waals surface area (Å²) in [6.07, 6.45) is 2.65. The van der Waals surface area contributed by atoms with Gasteiger partial charge in [0.2, 0.25) is 0 Å². The van der Waals surface area contributed by atoms with E-state index in [1.54, 1.807) is 7.11 Å². The highest BCUT2D eigenvalue weighted by Crippen LogP contribution is 2.21. The van der Waals surface area contributed by atoms with E-state index in [1.807, 2.05) is 0 Å². The Kier molecular flexibility index (Phi) is 4.92. The molecular formula is C11H20N2O5. The highest BCUT2D eigenvalue weighted by atomic mass is 16.5. The molecule has 3 atom stereocenters. The number of hydrogen-bond acceptors (Lipinski definition) is 4. The van der Waals surface area contributed by atoms with Crippen molar-refractivity contribution < 1.29 is 24.5 Å². The van der Waals surface area contributed by atoms with Gasteiger partial charge in [-0.15, -0.1) is 0 Å². The molecule has 0 aliphatic heterocycles. The number of aliphatic hydroxyl groups is 1. The minimum atomic E-state index is -1.96. The van der Waals surface area contributed by atoms with Gasteiger partial charge in [-0.25, -0.2) is 9.59 Å². The number of carboxylic acid groups (broad SMARTS) is 1. The Labute approximate surface area is 106 Å². The van der Waals surface area contributed by atoms with Crippen molar-refractivity contribution in [3.8, 4) is 0 Å². The van der Waals surface area contributed by atoms with E-state index in [4.69, 9.17) is 9.84 Å². The third-order valence-electron chi connectivity index (χ3n) is 3.11. The van der Waals surface area contributed by atoms with Gasteiger partial charge in [-0.2, -0.15) is 0 Å². The highest BCUT2D eigenvalue weighted by Gasteiger charge is 2.31. The maximum absolute atomic E-state index is 11.5. The fraction of sp³-hybridized carbons (Fsp3) is 0.818. The van der Waals surface area contributed by atoms with Crippen molar-refractivity contribution >= 4 is 12.0 Å².